The number of aromatic nitrogens is 10. The fourth-order valence-electron chi connectivity index (χ4n) is 16.7. The Morgan fingerprint density at radius 3 is 1.01 bits per heavy atom. The minimum Gasteiger partial charge on any atom is -0.870 e. The number of aromatic amines is 1. The number of benzene rings is 3. The topological polar surface area (TPSA) is 522 Å². The molecule has 0 aliphatic carbocycles. The number of aliphatic hydroxyl groups excluding tert-OH is 1. The van der Waals surface area contributed by atoms with E-state index in [1.165, 1.54) is 47.4 Å². The van der Waals surface area contributed by atoms with E-state index >= 15 is 0 Å². The molecule has 794 valence electrons. The first-order valence-electron chi connectivity index (χ1n) is 47.5. The number of nitrogens with one attached hydrogen (secondary N) is 4. The van der Waals surface area contributed by atoms with Crippen molar-refractivity contribution in [2.45, 2.75) is 214 Å². The second kappa shape index (κ2) is 63.8. The summed E-state index contributed by atoms with van der Waals surface area (Å²) < 4.78 is 107. The van der Waals surface area contributed by atoms with Crippen LogP contribution in [-0.4, -0.2) is 282 Å². The molecule has 5 aliphatic rings. The summed E-state index contributed by atoms with van der Waals surface area (Å²) >= 11 is 0. The third-order valence-corrected chi connectivity index (χ3v) is 26.3. The molecule has 5 aromatic heterocycles. The van der Waals surface area contributed by atoms with Gasteiger partial charge in [0.2, 0.25) is 6.54 Å². The summed E-state index contributed by atoms with van der Waals surface area (Å²) in [6.07, 6.45) is 4.54. The molecule has 46 heteroatoms. The molecule has 10 heterocycles. The minimum atomic E-state index is -1.46. The van der Waals surface area contributed by atoms with Gasteiger partial charge in [-0.3, -0.25) is 47.0 Å². The van der Waals surface area contributed by atoms with Crippen LogP contribution in [0.2, 0.25) is 0 Å². The van der Waals surface area contributed by atoms with Crippen molar-refractivity contribution in [2.75, 3.05) is 150 Å². The van der Waals surface area contributed by atoms with Gasteiger partial charge in [-0.05, 0) is 108 Å². The Bertz CT molecular complexity index is 5450. The van der Waals surface area contributed by atoms with E-state index in [0.29, 0.717) is 82.8 Å². The van der Waals surface area contributed by atoms with Crippen molar-refractivity contribution in [3.63, 3.8) is 0 Å². The van der Waals surface area contributed by atoms with Crippen molar-refractivity contribution in [1.29, 1.82) is 0 Å². The molecule has 44 nitrogen and oxygen atoms in total. The fraction of sp³-hybridized carbons (Fsp3) is 0.576. The predicted molar refractivity (Wildman–Crippen MR) is 535 cm³/mol. The van der Waals surface area contributed by atoms with Gasteiger partial charge in [0.25, 0.3) is 31.8 Å². The molecule has 3 aromatic carbocycles. The van der Waals surface area contributed by atoms with Crippen molar-refractivity contribution in [2.24, 2.45) is 29.6 Å². The van der Waals surface area contributed by atoms with E-state index in [2.05, 4.69) is 98.9 Å². The van der Waals surface area contributed by atoms with Crippen molar-refractivity contribution in [3.05, 3.63) is 243 Å². The smallest absolute Gasteiger partial charge is 0.870 e. The van der Waals surface area contributed by atoms with Gasteiger partial charge >= 0.3 is 58.0 Å². The van der Waals surface area contributed by atoms with E-state index in [0.717, 1.165) is 19.3 Å². The average molecular weight is 2060 g/mol. The fourth-order valence-corrected chi connectivity index (χ4v) is 18.4. The first-order chi connectivity index (χ1) is 68.4. The third kappa shape index (κ3) is 35.2. The standard InChI is InChI=1S/C29H42N5O7P.C21H27N3O5.C20H25N3O6.C14H23N3O4.C14H22N2O5.CH4.Na.H2O/c1-20(2)34(21(3)4)42(39-16-14-30-6)40-19-24-22(5)26(38-18-17-37-7)28(41-24)33-15-13-25(32-29(33)36)31-27(35)23-11-9-8-10-12-23;1-4-16-14(2)18(28-13-12-27-3)20(29-16)24-11-10-17(23-21(24)26)22-19(25)15-8-6-5-7-9-15;1-13-15(12-24)29-19(17(13)28-11-10-27-2)23-9-8-16(22-20(23)26)21-18(25)14-6-4-3-5-7-14;1-4-10-9(2)12(20-8-7-19-3)13(21-10)17-6-5-11(15)16-14(17)18;1-4-10-9(2)12(20-8-7-19-3)13(21-10)16-6-5-11(17)15-14(16)18;;;/h8-13,15,20-22,24,26,28H,14,16-19H2,1-5,7H3,(H,31,32,35,36);5-11,14,16,18,20H,4,12-13H2,1-3H3,(H,22,23,25,26);3-9,13,15,17,19,24H,10-12H2,1-2H3,(H,21,22,25,26);5-6,9-10,12-13H,4,7-8H2,1-3H3,(H2,15,16,18);5-6,9-10,12-13H,4,7-8H2,1-3H3,(H,15,17,18);1H4;;1H2/q;;;;;;+1;/p-1/t22-,24-,26-,28-,42?;14-,16-,18-,20-;13-,15-,17-,19-;2*9-,10-,12-,13-;;;/m11111.../s1. The first-order valence-corrected chi connectivity index (χ1v) is 48.7. The molecule has 8 aromatic rings. The van der Waals surface area contributed by atoms with Crippen LogP contribution in [0.15, 0.2) is 181 Å². The van der Waals surface area contributed by atoms with E-state index in [-0.39, 0.29) is 188 Å². The number of carbonyl (C=O) groups excluding carboxylic acids is 3. The van der Waals surface area contributed by atoms with Gasteiger partial charge in [0.15, 0.2) is 31.1 Å². The maximum atomic E-state index is 13.1. The number of amides is 3. The number of methoxy groups -OCH3 is 5. The maximum Gasteiger partial charge on any atom is 1.00 e. The van der Waals surface area contributed by atoms with Crippen molar-refractivity contribution in [3.8, 4) is 0 Å². The molecule has 0 bridgehead atoms. The molecule has 3 amide bonds. The Morgan fingerprint density at radius 2 is 0.724 bits per heavy atom. The summed E-state index contributed by atoms with van der Waals surface area (Å²) in [5.41, 5.74) is 3.91. The predicted octanol–water partition coefficient (Wildman–Crippen LogP) is 6.66. The zero-order chi connectivity index (χ0) is 103. The molecule has 21 atom stereocenters. The van der Waals surface area contributed by atoms with Crippen LogP contribution in [0.3, 0.4) is 0 Å². The molecule has 0 saturated carbocycles. The van der Waals surface area contributed by atoms with Crippen LogP contribution in [-0.2, 0) is 80.1 Å². The molecular weight excluding hydrogens is 1920 g/mol. The normalized spacial score (nSPS) is 24.0. The SMILES string of the molecule is C.CC[C@H]1O[C@@H](n2ccc(=O)[nH]c2=O)[C@H](OCCOC)[C@@H]1C.CC[C@H]1O[C@@H](n2ccc(N)nc2=O)[C@H](OCCOC)[C@@H]1C.CC[C@H]1O[C@@H](n2ccc(NC(=O)c3ccccc3)nc2=O)[C@H](OCCOC)[C@@H]1C.COCCO[C@@H]1[C@H](C)[C@@H](CO)O[C@H]1n1ccc(NC(=O)c2ccccc2)nc1=O.[C-]#[N+]CCOP(OC[C@H]1O[C@@H](n2ccc(NC(=O)c3ccccc3)nc2=O)[C@H](OCCOC)[C@@H]1C)N(C(C)C)C(C)C.[Na+].[OH-]. The van der Waals surface area contributed by atoms with Gasteiger partial charge in [0.1, 0.15) is 60.4 Å². The van der Waals surface area contributed by atoms with Gasteiger partial charge in [0.05, 0.1) is 110 Å². The van der Waals surface area contributed by atoms with E-state index in [1.807, 2.05) is 52.8 Å². The molecule has 13 rings (SSSR count). The zero-order valence-corrected chi connectivity index (χ0v) is 88.0. The Kier molecular flexibility index (Phi) is 54.5. The summed E-state index contributed by atoms with van der Waals surface area (Å²) in [4.78, 5) is 132. The van der Waals surface area contributed by atoms with Crippen LogP contribution < -0.4 is 85.2 Å². The number of hydrogen-bond donors (Lipinski definition) is 6. The summed E-state index contributed by atoms with van der Waals surface area (Å²) in [7, 11) is 6.55. The maximum absolute atomic E-state index is 13.1. The Hall–Kier alpha value is -9.81. The summed E-state index contributed by atoms with van der Waals surface area (Å²) in [5, 5.41) is 17.5. The number of aliphatic hydroxyl groups is 1. The average Bonchev–Trinajstić information content (AvgIpc) is 1.66. The third-order valence-electron chi connectivity index (χ3n) is 24.3. The summed E-state index contributed by atoms with van der Waals surface area (Å²) in [6.45, 7) is 36.3. The van der Waals surface area contributed by atoms with Crippen LogP contribution in [0, 0.1) is 36.2 Å². The Morgan fingerprint density at radius 1 is 0.434 bits per heavy atom. The number of nitrogens with two attached hydrogens (primary N) is 1. The van der Waals surface area contributed by atoms with Crippen LogP contribution in [0.25, 0.3) is 4.85 Å². The van der Waals surface area contributed by atoms with E-state index in [9.17, 15) is 48.3 Å². The Balaban J connectivity index is 0.000000282. The van der Waals surface area contributed by atoms with Crippen molar-refractivity contribution < 1.29 is 135 Å². The number of rotatable bonds is 44. The molecule has 1 unspecified atom stereocenters. The molecule has 0 spiro atoms. The number of anilines is 4. The molecule has 5 saturated heterocycles. The number of nitrogens with zero attached hydrogens (tertiary/aromatic N) is 11. The van der Waals surface area contributed by atoms with Gasteiger partial charge in [-0.25, -0.2) is 35.2 Å². The molecule has 0 radical (unpaired) electrons. The van der Waals surface area contributed by atoms with Crippen LogP contribution in [0.4, 0.5) is 23.3 Å². The minimum absolute atomic E-state index is 0. The Labute approximate surface area is 867 Å². The molecule has 145 heavy (non-hydrogen) atoms. The van der Waals surface area contributed by atoms with Crippen LogP contribution in [0.5, 0.6) is 0 Å². The van der Waals surface area contributed by atoms with E-state index < -0.39 is 98.1 Å². The molecule has 8 N–H and O–H groups in total. The van der Waals surface area contributed by atoms with Crippen molar-refractivity contribution in [1.82, 2.24) is 52.4 Å². The molecular formula is C99H144N16NaO28P. The van der Waals surface area contributed by atoms with Gasteiger partial charge in [-0.15, -0.1) is 0 Å². The largest absolute Gasteiger partial charge is 1.00 e. The number of ether oxygens (including phenoxy) is 15. The first kappa shape index (κ1) is 124. The van der Waals surface area contributed by atoms with Crippen molar-refractivity contribution >= 4 is 49.5 Å². The van der Waals surface area contributed by atoms with Crippen LogP contribution >= 0.6 is 8.53 Å². The van der Waals surface area contributed by atoms with E-state index in [1.54, 1.807) is 145 Å². The molecule has 5 aliphatic heterocycles. The monoisotopic (exact) mass is 2060 g/mol. The number of carbonyl (C=O) groups is 3. The van der Waals surface area contributed by atoms with Gasteiger partial charge < -0.3 is 117 Å². The second-order valence-electron chi connectivity index (χ2n) is 34.5. The quantitative estimate of drug-likeness (QED) is 0.0101. The van der Waals surface area contributed by atoms with Gasteiger partial charge in [0, 0.05) is 131 Å². The number of H-pyrrole nitrogens is 1. The molecule has 5 fully saturated rings. The van der Waals surface area contributed by atoms with E-state index in [4.69, 9.17) is 92.4 Å². The van der Waals surface area contributed by atoms with Gasteiger partial charge in [-0.1, -0.05) is 117 Å². The number of nitrogen functional groups attached to an aromatic ring is 1. The zero-order valence-electron chi connectivity index (χ0n) is 85.1. The summed E-state index contributed by atoms with van der Waals surface area (Å²) in [6, 6.07) is 34.0. The number of hydrogen-bond acceptors (Lipinski definition) is 34. The van der Waals surface area contributed by atoms with Gasteiger partial charge in [-0.2, -0.15) is 19.9 Å². The van der Waals surface area contributed by atoms with Crippen LogP contribution in [0.1, 0.15) is 172 Å². The summed E-state index contributed by atoms with van der Waals surface area (Å²) in [5.74, 6) is -0.219. The second-order valence-corrected chi connectivity index (χ2v) is 36.0.